The van der Waals surface area contributed by atoms with Crippen LogP contribution in [0.1, 0.15) is 55.6 Å². The van der Waals surface area contributed by atoms with Crippen molar-refractivity contribution in [2.45, 2.75) is 65.3 Å². The molecule has 0 radical (unpaired) electrons. The Morgan fingerprint density at radius 2 is 2.00 bits per heavy atom. The van der Waals surface area contributed by atoms with Crippen LogP contribution in [0.15, 0.2) is 18.2 Å². The second kappa shape index (κ2) is 9.18. The van der Waals surface area contributed by atoms with Crippen molar-refractivity contribution in [2.75, 3.05) is 19.5 Å². The fourth-order valence-electron chi connectivity index (χ4n) is 4.60. The van der Waals surface area contributed by atoms with E-state index < -0.39 is 0 Å². The molecule has 1 aliphatic rings. The van der Waals surface area contributed by atoms with E-state index in [-0.39, 0.29) is 12.4 Å². The second-order valence-electron chi connectivity index (χ2n) is 8.37. The molecule has 1 aromatic carbocycles. The van der Waals surface area contributed by atoms with Crippen LogP contribution in [0.3, 0.4) is 0 Å². The zero-order chi connectivity index (χ0) is 22.8. The largest absolute Gasteiger partial charge is 0.497 e. The van der Waals surface area contributed by atoms with Crippen LogP contribution in [-0.4, -0.2) is 40.8 Å². The number of ether oxygens (including phenoxy) is 2. The van der Waals surface area contributed by atoms with Crippen molar-refractivity contribution in [1.82, 2.24) is 14.6 Å². The summed E-state index contributed by atoms with van der Waals surface area (Å²) in [5.74, 6) is 1.47. The maximum absolute atomic E-state index is 12.1. The SMILES string of the molecule is CCC(CC)Nc1c2c(nc3c(-c4ccc(OC)cc4CC(=O)OC)c(C)nn13)CCC2. The van der Waals surface area contributed by atoms with Gasteiger partial charge in [0.05, 0.1) is 26.3 Å². The molecule has 1 aliphatic carbocycles. The third kappa shape index (κ3) is 3.92. The van der Waals surface area contributed by atoms with Crippen LogP contribution in [0.2, 0.25) is 0 Å². The summed E-state index contributed by atoms with van der Waals surface area (Å²) < 4.78 is 12.3. The molecule has 0 fully saturated rings. The van der Waals surface area contributed by atoms with Crippen LogP contribution >= 0.6 is 0 Å². The molecule has 4 rings (SSSR count). The van der Waals surface area contributed by atoms with Gasteiger partial charge in [-0.2, -0.15) is 9.61 Å². The summed E-state index contributed by atoms with van der Waals surface area (Å²) in [6.45, 7) is 6.41. The zero-order valence-electron chi connectivity index (χ0n) is 19.6. The van der Waals surface area contributed by atoms with Gasteiger partial charge in [-0.25, -0.2) is 4.98 Å². The number of aromatic nitrogens is 3. The van der Waals surface area contributed by atoms with E-state index in [9.17, 15) is 4.79 Å². The third-order valence-corrected chi connectivity index (χ3v) is 6.43. The van der Waals surface area contributed by atoms with E-state index in [2.05, 4.69) is 19.2 Å². The molecule has 0 spiro atoms. The van der Waals surface area contributed by atoms with E-state index in [1.807, 2.05) is 29.6 Å². The van der Waals surface area contributed by atoms with Crippen molar-refractivity contribution in [3.63, 3.8) is 0 Å². The summed E-state index contributed by atoms with van der Waals surface area (Å²) in [6, 6.07) is 6.18. The van der Waals surface area contributed by atoms with Gasteiger partial charge >= 0.3 is 5.97 Å². The lowest BCUT2D eigenvalue weighted by molar-refractivity contribution is -0.139. The number of fused-ring (bicyclic) bond motifs is 2. The number of hydrogen-bond acceptors (Lipinski definition) is 6. The Labute approximate surface area is 189 Å². The normalized spacial score (nSPS) is 12.9. The van der Waals surface area contributed by atoms with Gasteiger partial charge in [-0.1, -0.05) is 19.9 Å². The Hall–Kier alpha value is -3.09. The molecule has 2 aromatic heterocycles. The van der Waals surface area contributed by atoms with Crippen molar-refractivity contribution in [3.05, 3.63) is 40.7 Å². The fraction of sp³-hybridized carbons (Fsp3) is 0.480. The molecule has 2 heterocycles. The first-order valence-corrected chi connectivity index (χ1v) is 11.4. The number of esters is 1. The number of benzene rings is 1. The summed E-state index contributed by atoms with van der Waals surface area (Å²) in [4.78, 5) is 17.2. The number of methoxy groups -OCH3 is 2. The summed E-state index contributed by atoms with van der Waals surface area (Å²) in [5.41, 5.74) is 6.86. The monoisotopic (exact) mass is 436 g/mol. The van der Waals surface area contributed by atoms with Crippen molar-refractivity contribution < 1.29 is 14.3 Å². The van der Waals surface area contributed by atoms with Crippen LogP contribution in [0.5, 0.6) is 5.75 Å². The predicted octanol–water partition coefficient (Wildman–Crippen LogP) is 4.52. The molecule has 0 amide bonds. The molecule has 0 unspecified atom stereocenters. The van der Waals surface area contributed by atoms with Gasteiger partial charge in [0.2, 0.25) is 0 Å². The molecule has 32 heavy (non-hydrogen) atoms. The van der Waals surface area contributed by atoms with E-state index in [0.717, 1.165) is 71.6 Å². The van der Waals surface area contributed by atoms with Crippen LogP contribution in [0, 0.1) is 6.92 Å². The average Bonchev–Trinajstić information content (AvgIpc) is 3.40. The molecule has 0 bridgehead atoms. The zero-order valence-corrected chi connectivity index (χ0v) is 19.6. The number of anilines is 1. The quantitative estimate of drug-likeness (QED) is 0.523. The maximum atomic E-state index is 12.1. The van der Waals surface area contributed by atoms with E-state index in [1.165, 1.54) is 12.7 Å². The lowest BCUT2D eigenvalue weighted by Gasteiger charge is -2.20. The minimum atomic E-state index is -0.293. The molecule has 0 saturated carbocycles. The molecule has 170 valence electrons. The summed E-state index contributed by atoms with van der Waals surface area (Å²) in [5, 5.41) is 8.67. The number of rotatable bonds is 8. The van der Waals surface area contributed by atoms with Crippen LogP contribution < -0.4 is 10.1 Å². The lowest BCUT2D eigenvalue weighted by atomic mass is 9.97. The Morgan fingerprint density at radius 3 is 2.69 bits per heavy atom. The minimum absolute atomic E-state index is 0.156. The molecule has 0 saturated heterocycles. The van der Waals surface area contributed by atoms with Crippen LogP contribution in [0.4, 0.5) is 5.82 Å². The van der Waals surface area contributed by atoms with Crippen LogP contribution in [-0.2, 0) is 28.8 Å². The van der Waals surface area contributed by atoms with Gasteiger partial charge in [0.15, 0.2) is 5.65 Å². The number of nitrogens with one attached hydrogen (secondary N) is 1. The van der Waals surface area contributed by atoms with Crippen molar-refractivity contribution >= 4 is 17.4 Å². The van der Waals surface area contributed by atoms with E-state index in [1.54, 1.807) is 7.11 Å². The highest BCUT2D eigenvalue weighted by atomic mass is 16.5. The first kappa shape index (κ1) is 22.1. The number of hydrogen-bond donors (Lipinski definition) is 1. The van der Waals surface area contributed by atoms with Gasteiger partial charge in [0.1, 0.15) is 11.6 Å². The van der Waals surface area contributed by atoms with E-state index in [0.29, 0.717) is 11.8 Å². The second-order valence-corrected chi connectivity index (χ2v) is 8.37. The van der Waals surface area contributed by atoms with Crippen molar-refractivity contribution in [3.8, 4) is 16.9 Å². The smallest absolute Gasteiger partial charge is 0.310 e. The average molecular weight is 437 g/mol. The molecule has 0 atom stereocenters. The van der Waals surface area contributed by atoms with Gasteiger partial charge in [0.25, 0.3) is 0 Å². The Balaban J connectivity index is 1.94. The molecule has 7 heteroatoms. The number of carbonyl (C=O) groups excluding carboxylic acids is 1. The molecule has 3 aromatic rings. The molecule has 0 aliphatic heterocycles. The standard InChI is InChI=1S/C25H32N4O3/c1-6-17(7-2)26-24-20-9-8-10-21(20)27-25-23(15(3)28-29(24)25)19-12-11-18(31-4)13-16(19)14-22(30)32-5/h11-13,17,26H,6-10,14H2,1-5H3. The van der Waals surface area contributed by atoms with Crippen LogP contribution in [0.25, 0.3) is 16.8 Å². The number of nitrogens with zero attached hydrogens (tertiary/aromatic N) is 3. The lowest BCUT2D eigenvalue weighted by Crippen LogP contribution is -2.21. The first-order chi connectivity index (χ1) is 15.5. The predicted molar refractivity (Wildman–Crippen MR) is 125 cm³/mol. The van der Waals surface area contributed by atoms with Gasteiger partial charge < -0.3 is 14.8 Å². The number of carbonyl (C=O) groups is 1. The topological polar surface area (TPSA) is 77.8 Å². The van der Waals surface area contributed by atoms with Crippen molar-refractivity contribution in [2.24, 2.45) is 0 Å². The highest BCUT2D eigenvalue weighted by Crippen LogP contribution is 2.37. The summed E-state index contributed by atoms with van der Waals surface area (Å²) in [7, 11) is 3.03. The van der Waals surface area contributed by atoms with E-state index >= 15 is 0 Å². The molecular weight excluding hydrogens is 404 g/mol. The third-order valence-electron chi connectivity index (χ3n) is 6.43. The molecular formula is C25H32N4O3. The Bertz CT molecular complexity index is 1150. The Kier molecular flexibility index (Phi) is 6.35. The highest BCUT2D eigenvalue weighted by molar-refractivity contribution is 5.86. The first-order valence-electron chi connectivity index (χ1n) is 11.4. The minimum Gasteiger partial charge on any atom is -0.497 e. The molecule has 1 N–H and O–H groups in total. The van der Waals surface area contributed by atoms with Gasteiger partial charge in [-0.05, 0) is 62.3 Å². The van der Waals surface area contributed by atoms with Crippen molar-refractivity contribution in [1.29, 1.82) is 0 Å². The fourth-order valence-corrected chi connectivity index (χ4v) is 4.60. The maximum Gasteiger partial charge on any atom is 0.310 e. The summed E-state index contributed by atoms with van der Waals surface area (Å²) >= 11 is 0. The highest BCUT2D eigenvalue weighted by Gasteiger charge is 2.26. The summed E-state index contributed by atoms with van der Waals surface area (Å²) in [6.07, 6.45) is 5.35. The molecule has 7 nitrogen and oxygen atoms in total. The van der Waals surface area contributed by atoms with Gasteiger partial charge in [-0.3, -0.25) is 4.79 Å². The van der Waals surface area contributed by atoms with Gasteiger partial charge in [0, 0.05) is 22.9 Å². The van der Waals surface area contributed by atoms with E-state index in [4.69, 9.17) is 19.6 Å². The number of aryl methyl sites for hydroxylation is 2. The Morgan fingerprint density at radius 1 is 1.22 bits per heavy atom. The van der Waals surface area contributed by atoms with Gasteiger partial charge in [-0.15, -0.1) is 0 Å².